The largest absolute Gasteiger partial charge is 0.477 e. The van der Waals surface area contributed by atoms with Crippen molar-refractivity contribution in [2.45, 2.75) is 26.5 Å². The molecule has 6 heteroatoms. The highest BCUT2D eigenvalue weighted by Gasteiger charge is 2.18. The number of aryl methyl sites for hydroxylation is 2. The van der Waals surface area contributed by atoms with Crippen molar-refractivity contribution in [2.75, 3.05) is 6.61 Å². The number of rotatable bonds is 5. The Morgan fingerprint density at radius 2 is 1.91 bits per heavy atom. The number of hydrogen-bond donors (Lipinski definition) is 3. The highest BCUT2D eigenvalue weighted by Crippen LogP contribution is 2.24. The van der Waals surface area contributed by atoms with Crippen LogP contribution in [0.25, 0.3) is 11.3 Å². The van der Waals surface area contributed by atoms with Crippen LogP contribution in [0.15, 0.2) is 35.1 Å². The zero-order valence-electron chi connectivity index (χ0n) is 13.0. The SMILES string of the molecule is Cc1ccc(-c2ccc(C(=O)O)c(=O)n2CC(O)CO)c(C)c1. The van der Waals surface area contributed by atoms with E-state index in [1.807, 2.05) is 32.0 Å². The Bertz CT molecular complexity index is 794. The molecule has 0 saturated heterocycles. The highest BCUT2D eigenvalue weighted by atomic mass is 16.4. The molecule has 2 rings (SSSR count). The van der Waals surface area contributed by atoms with Gasteiger partial charge in [0.25, 0.3) is 5.56 Å². The van der Waals surface area contributed by atoms with Crippen molar-refractivity contribution in [1.29, 1.82) is 0 Å². The number of nitrogens with zero attached hydrogens (tertiary/aromatic N) is 1. The van der Waals surface area contributed by atoms with Gasteiger partial charge in [0.05, 0.1) is 24.9 Å². The van der Waals surface area contributed by atoms with Crippen LogP contribution in [0.3, 0.4) is 0 Å². The fourth-order valence-corrected chi connectivity index (χ4v) is 2.53. The molecule has 122 valence electrons. The molecule has 0 spiro atoms. The number of aromatic carboxylic acids is 1. The summed E-state index contributed by atoms with van der Waals surface area (Å²) in [5.41, 5.74) is 2.20. The normalized spacial score (nSPS) is 12.2. The van der Waals surface area contributed by atoms with Crippen molar-refractivity contribution in [2.24, 2.45) is 0 Å². The molecular weight excluding hydrogens is 298 g/mol. The molecule has 1 atom stereocenters. The van der Waals surface area contributed by atoms with Gasteiger partial charge in [-0.05, 0) is 31.5 Å². The summed E-state index contributed by atoms with van der Waals surface area (Å²) in [6.45, 7) is 3.15. The van der Waals surface area contributed by atoms with E-state index in [0.29, 0.717) is 5.69 Å². The van der Waals surface area contributed by atoms with Gasteiger partial charge in [-0.1, -0.05) is 23.8 Å². The minimum atomic E-state index is -1.32. The Labute approximate surface area is 133 Å². The fourth-order valence-electron chi connectivity index (χ4n) is 2.53. The predicted molar refractivity (Wildman–Crippen MR) is 85.7 cm³/mol. The molecule has 1 aromatic carbocycles. The van der Waals surface area contributed by atoms with Gasteiger partial charge < -0.3 is 19.9 Å². The minimum Gasteiger partial charge on any atom is -0.477 e. The quantitative estimate of drug-likeness (QED) is 0.769. The number of aliphatic hydroxyl groups is 2. The number of aromatic nitrogens is 1. The van der Waals surface area contributed by atoms with Gasteiger partial charge in [-0.15, -0.1) is 0 Å². The van der Waals surface area contributed by atoms with Crippen LogP contribution in [0.5, 0.6) is 0 Å². The second-order valence-corrected chi connectivity index (χ2v) is 5.51. The molecule has 1 unspecified atom stereocenters. The molecule has 2 aromatic rings. The summed E-state index contributed by atoms with van der Waals surface area (Å²) in [5, 5.41) is 27.8. The zero-order chi connectivity index (χ0) is 17.1. The Morgan fingerprint density at radius 1 is 1.22 bits per heavy atom. The molecule has 0 aliphatic carbocycles. The van der Waals surface area contributed by atoms with Crippen LogP contribution in [0, 0.1) is 13.8 Å². The molecule has 3 N–H and O–H groups in total. The molecule has 0 amide bonds. The van der Waals surface area contributed by atoms with Crippen LogP contribution in [-0.4, -0.2) is 38.6 Å². The van der Waals surface area contributed by atoms with Gasteiger partial charge in [0.1, 0.15) is 5.56 Å². The number of aliphatic hydroxyl groups excluding tert-OH is 2. The summed E-state index contributed by atoms with van der Waals surface area (Å²) in [6.07, 6.45) is -1.15. The molecule has 1 aromatic heterocycles. The van der Waals surface area contributed by atoms with Crippen molar-refractivity contribution < 1.29 is 20.1 Å². The van der Waals surface area contributed by atoms with Crippen LogP contribution < -0.4 is 5.56 Å². The second kappa shape index (κ2) is 6.76. The number of carboxylic acids is 1. The van der Waals surface area contributed by atoms with E-state index >= 15 is 0 Å². The topological polar surface area (TPSA) is 99.8 Å². The van der Waals surface area contributed by atoms with E-state index in [9.17, 15) is 14.7 Å². The lowest BCUT2D eigenvalue weighted by Gasteiger charge is -2.18. The number of pyridine rings is 1. The summed E-state index contributed by atoms with van der Waals surface area (Å²) in [4.78, 5) is 23.6. The predicted octanol–water partition coefficient (Wildman–Crippen LogP) is 1.18. The van der Waals surface area contributed by atoms with E-state index in [2.05, 4.69) is 0 Å². The Kier molecular flexibility index (Phi) is 4.98. The number of carbonyl (C=O) groups is 1. The maximum Gasteiger partial charge on any atom is 0.341 e. The van der Waals surface area contributed by atoms with Crippen LogP contribution in [-0.2, 0) is 6.54 Å². The van der Waals surface area contributed by atoms with Gasteiger partial charge in [0, 0.05) is 5.56 Å². The van der Waals surface area contributed by atoms with E-state index in [0.717, 1.165) is 16.7 Å². The van der Waals surface area contributed by atoms with E-state index in [4.69, 9.17) is 10.2 Å². The number of carboxylic acid groups (broad SMARTS) is 1. The van der Waals surface area contributed by atoms with Crippen molar-refractivity contribution in [3.05, 3.63) is 57.4 Å². The fraction of sp³-hybridized carbons (Fsp3) is 0.294. The van der Waals surface area contributed by atoms with Gasteiger partial charge in [-0.3, -0.25) is 4.79 Å². The van der Waals surface area contributed by atoms with E-state index in [1.165, 1.54) is 10.6 Å². The van der Waals surface area contributed by atoms with Gasteiger partial charge in [0.15, 0.2) is 0 Å². The van der Waals surface area contributed by atoms with Crippen molar-refractivity contribution in [1.82, 2.24) is 4.57 Å². The maximum atomic E-state index is 12.4. The molecule has 1 heterocycles. The lowest BCUT2D eigenvalue weighted by molar-refractivity contribution is 0.0688. The van der Waals surface area contributed by atoms with Crippen LogP contribution in [0.4, 0.5) is 0 Å². The molecule has 0 radical (unpaired) electrons. The summed E-state index contributed by atoms with van der Waals surface area (Å²) in [5.74, 6) is -1.32. The molecule has 0 saturated carbocycles. The van der Waals surface area contributed by atoms with E-state index in [1.54, 1.807) is 6.07 Å². The maximum absolute atomic E-state index is 12.4. The Morgan fingerprint density at radius 3 is 2.48 bits per heavy atom. The first-order valence-corrected chi connectivity index (χ1v) is 7.18. The summed E-state index contributed by atoms with van der Waals surface area (Å²) >= 11 is 0. The van der Waals surface area contributed by atoms with Crippen molar-refractivity contribution >= 4 is 5.97 Å². The first kappa shape index (κ1) is 16.9. The molecule has 0 fully saturated rings. The van der Waals surface area contributed by atoms with E-state index < -0.39 is 24.2 Å². The third-order valence-corrected chi connectivity index (χ3v) is 3.67. The molecule has 0 aliphatic heterocycles. The summed E-state index contributed by atoms with van der Waals surface area (Å²) < 4.78 is 1.20. The average Bonchev–Trinajstić information content (AvgIpc) is 2.49. The Balaban J connectivity index is 2.69. The van der Waals surface area contributed by atoms with Crippen molar-refractivity contribution in [3.8, 4) is 11.3 Å². The third kappa shape index (κ3) is 3.49. The summed E-state index contributed by atoms with van der Waals surface area (Å²) in [6, 6.07) is 8.51. The lowest BCUT2D eigenvalue weighted by Crippen LogP contribution is -2.32. The molecule has 0 aliphatic rings. The average molecular weight is 317 g/mol. The Hall–Kier alpha value is -2.44. The van der Waals surface area contributed by atoms with Crippen LogP contribution in [0.2, 0.25) is 0 Å². The first-order valence-electron chi connectivity index (χ1n) is 7.18. The number of hydrogen-bond acceptors (Lipinski definition) is 4. The van der Waals surface area contributed by atoms with Gasteiger partial charge >= 0.3 is 5.97 Å². The third-order valence-electron chi connectivity index (χ3n) is 3.67. The smallest absolute Gasteiger partial charge is 0.341 e. The van der Waals surface area contributed by atoms with Gasteiger partial charge in [-0.25, -0.2) is 4.79 Å². The molecule has 23 heavy (non-hydrogen) atoms. The standard InChI is InChI=1S/C17H19NO5/c1-10-3-4-13(11(2)7-10)15-6-5-14(17(22)23)16(21)18(15)8-12(20)9-19/h3-7,12,19-20H,8-9H2,1-2H3,(H,22,23). The van der Waals surface area contributed by atoms with Crippen LogP contribution in [0.1, 0.15) is 21.5 Å². The summed E-state index contributed by atoms with van der Waals surface area (Å²) in [7, 11) is 0. The van der Waals surface area contributed by atoms with Crippen molar-refractivity contribution in [3.63, 3.8) is 0 Å². The molecular formula is C17H19NO5. The first-order chi connectivity index (χ1) is 10.8. The lowest BCUT2D eigenvalue weighted by atomic mass is 10.0. The minimum absolute atomic E-state index is 0.181. The van der Waals surface area contributed by atoms with Gasteiger partial charge in [-0.2, -0.15) is 0 Å². The monoisotopic (exact) mass is 317 g/mol. The van der Waals surface area contributed by atoms with Gasteiger partial charge in [0.2, 0.25) is 0 Å². The molecule has 6 nitrogen and oxygen atoms in total. The number of benzene rings is 1. The molecule has 0 bridgehead atoms. The second-order valence-electron chi connectivity index (χ2n) is 5.51. The highest BCUT2D eigenvalue weighted by molar-refractivity contribution is 5.87. The van der Waals surface area contributed by atoms with E-state index in [-0.39, 0.29) is 12.1 Å². The van der Waals surface area contributed by atoms with Crippen LogP contribution >= 0.6 is 0 Å². The zero-order valence-corrected chi connectivity index (χ0v) is 13.0.